The lowest BCUT2D eigenvalue weighted by Gasteiger charge is -2.42. The standard InChI is InChI=1S/C58H82ClN7O18S/c1-34-17-16-20-44(78-10)58(76)32-42(81-54(73)61-58)35(2)51-57(4,84-51)45(31-48(69)65(8)38-28-37(27-34)29-41(77-9)50(38)59)83-53(72)36(3)64(7)47(68)21-26-79-55(74)62(5)24-25-63(6)56(75)82-40-19-15-13-12-14-18-39(40)80-33-46(67)60-22-23-66-49(70)30-43(85-11)52(66)71/h15-17,19-20,28-29,35-36,39-40,42-45,51,76H,12-14,18,21-27,30-33H2,1-11H3,(H,60,67)(H,61,73)/b19-15+,20-16+,34-17+/t35-,36+,39?,40?,42+,43?,44-,45+,51+,57+,58+/m1/s1. The van der Waals surface area contributed by atoms with E-state index in [2.05, 4.69) is 10.6 Å². The zero-order valence-corrected chi connectivity index (χ0v) is 51.8. The number of amides is 8. The third-order valence-corrected chi connectivity index (χ3v) is 17.4. The Bertz CT molecular complexity index is 2730. The Balaban J connectivity index is 1.02. The summed E-state index contributed by atoms with van der Waals surface area (Å²) in [7, 11) is 8.70. The number of likely N-dealkylation sites (N-methyl/N-ethyl adjacent to an activating group) is 3. The first-order valence-corrected chi connectivity index (χ1v) is 30.0. The van der Waals surface area contributed by atoms with Crippen molar-refractivity contribution in [3.63, 3.8) is 0 Å². The van der Waals surface area contributed by atoms with Crippen molar-refractivity contribution in [1.29, 1.82) is 0 Å². The van der Waals surface area contributed by atoms with Gasteiger partial charge in [0.2, 0.25) is 29.5 Å². The van der Waals surface area contributed by atoms with Crippen molar-refractivity contribution in [3.8, 4) is 5.75 Å². The van der Waals surface area contributed by atoms with Gasteiger partial charge in [-0.25, -0.2) is 19.2 Å². The Kier molecular flexibility index (Phi) is 24.1. The van der Waals surface area contributed by atoms with Crippen molar-refractivity contribution in [3.05, 3.63) is 58.7 Å². The van der Waals surface area contributed by atoms with Gasteiger partial charge in [0, 0.05) is 80.2 Å². The number of hydrogen-bond acceptors (Lipinski definition) is 19. The summed E-state index contributed by atoms with van der Waals surface area (Å²) < 4.78 is 46.6. The first-order valence-electron chi connectivity index (χ1n) is 28.3. The molecule has 0 saturated carbocycles. The van der Waals surface area contributed by atoms with E-state index in [1.54, 1.807) is 50.5 Å². The number of ether oxygens (including phenoxy) is 8. The molecule has 3 unspecified atom stereocenters. The minimum atomic E-state index is -1.90. The van der Waals surface area contributed by atoms with Gasteiger partial charge in [-0.2, -0.15) is 11.8 Å². The normalized spacial score (nSPS) is 28.8. The number of nitrogens with zero attached hydrogens (tertiary/aromatic N) is 5. The van der Waals surface area contributed by atoms with Crippen LogP contribution < -0.4 is 20.3 Å². The minimum absolute atomic E-state index is 0.0120. The van der Waals surface area contributed by atoms with Gasteiger partial charge in [-0.05, 0) is 76.5 Å². The number of anilines is 1. The number of alkyl carbamates (subject to hydrolysis) is 1. The number of methoxy groups -OCH3 is 2. The van der Waals surface area contributed by atoms with Crippen molar-refractivity contribution in [1.82, 2.24) is 30.2 Å². The average Bonchev–Trinajstić information content (AvgIpc) is 1.98. The topological polar surface area (TPSA) is 291 Å². The number of imide groups is 1. The summed E-state index contributed by atoms with van der Waals surface area (Å²) in [6.45, 7) is 6.17. The first kappa shape index (κ1) is 67.7. The molecule has 0 radical (unpaired) electrons. The number of hydrogen-bond donors (Lipinski definition) is 3. The number of likely N-dealkylation sites (tertiary alicyclic amines) is 1. The highest BCUT2D eigenvalue weighted by Gasteiger charge is 2.64. The Morgan fingerprint density at radius 1 is 1.00 bits per heavy atom. The number of rotatable bonds is 19. The molecule has 1 aromatic rings. The maximum absolute atomic E-state index is 14.4. The molecule has 3 fully saturated rings. The van der Waals surface area contributed by atoms with Crippen LogP contribution >= 0.6 is 23.4 Å². The second kappa shape index (κ2) is 30.3. The number of halogens is 1. The van der Waals surface area contributed by atoms with E-state index < -0.39 is 114 Å². The van der Waals surface area contributed by atoms with Crippen LogP contribution in [0.5, 0.6) is 5.75 Å². The molecule has 4 aliphatic heterocycles. The highest BCUT2D eigenvalue weighted by molar-refractivity contribution is 8.00. The quantitative estimate of drug-likeness (QED) is 0.0564. The van der Waals surface area contributed by atoms with Crippen molar-refractivity contribution in [2.45, 2.75) is 145 Å². The largest absolute Gasteiger partial charge is 0.495 e. The van der Waals surface area contributed by atoms with E-state index >= 15 is 0 Å². The Morgan fingerprint density at radius 3 is 2.40 bits per heavy atom. The lowest BCUT2D eigenvalue weighted by molar-refractivity contribution is -0.162. The second-order valence-corrected chi connectivity index (χ2v) is 23.6. The molecule has 470 valence electrons. The van der Waals surface area contributed by atoms with E-state index in [1.807, 2.05) is 19.1 Å². The summed E-state index contributed by atoms with van der Waals surface area (Å²) in [6.07, 6.45) is 5.20. The number of aliphatic hydroxyl groups is 1. The van der Waals surface area contributed by atoms with E-state index in [4.69, 9.17) is 49.5 Å². The van der Waals surface area contributed by atoms with Crippen LogP contribution in [0, 0.1) is 5.92 Å². The number of benzene rings is 1. The molecule has 85 heavy (non-hydrogen) atoms. The summed E-state index contributed by atoms with van der Waals surface area (Å²) in [4.78, 5) is 125. The fourth-order valence-corrected chi connectivity index (χ4v) is 11.4. The predicted octanol–water partition coefficient (Wildman–Crippen LogP) is 4.53. The predicted molar refractivity (Wildman–Crippen MR) is 311 cm³/mol. The Labute approximate surface area is 505 Å². The van der Waals surface area contributed by atoms with Crippen LogP contribution in [0.2, 0.25) is 5.02 Å². The number of carbonyl (C=O) groups is 9. The van der Waals surface area contributed by atoms with Gasteiger partial charge in [0.25, 0.3) is 0 Å². The number of epoxide rings is 1. The monoisotopic (exact) mass is 1230 g/mol. The highest BCUT2D eigenvalue weighted by atomic mass is 35.5. The van der Waals surface area contributed by atoms with Gasteiger partial charge in [0.05, 0.1) is 43.1 Å². The van der Waals surface area contributed by atoms with Crippen LogP contribution in [-0.2, 0) is 68.3 Å². The van der Waals surface area contributed by atoms with Crippen molar-refractivity contribution in [2.75, 3.05) is 93.0 Å². The van der Waals surface area contributed by atoms with Gasteiger partial charge in [0.1, 0.15) is 60.0 Å². The van der Waals surface area contributed by atoms with E-state index in [9.17, 15) is 48.3 Å². The van der Waals surface area contributed by atoms with E-state index in [-0.39, 0.29) is 75.5 Å². The average molecular weight is 1230 g/mol. The smallest absolute Gasteiger partial charge is 0.410 e. The van der Waals surface area contributed by atoms with Crippen molar-refractivity contribution >= 4 is 82.8 Å². The minimum Gasteiger partial charge on any atom is -0.495 e. The Morgan fingerprint density at radius 2 is 1.72 bits per heavy atom. The summed E-state index contributed by atoms with van der Waals surface area (Å²) >= 11 is 8.13. The van der Waals surface area contributed by atoms with E-state index in [0.717, 1.165) is 40.2 Å². The van der Waals surface area contributed by atoms with Gasteiger partial charge < -0.3 is 67.9 Å². The molecule has 5 aliphatic rings. The molecule has 4 bridgehead atoms. The maximum Gasteiger partial charge on any atom is 0.410 e. The van der Waals surface area contributed by atoms with Crippen LogP contribution in [-0.4, -0.2) is 226 Å². The molecular weight excluding hydrogens is 1150 g/mol. The highest BCUT2D eigenvalue weighted by Crippen LogP contribution is 2.49. The molecule has 25 nitrogen and oxygen atoms in total. The maximum atomic E-state index is 14.4. The number of esters is 1. The van der Waals surface area contributed by atoms with Gasteiger partial charge in [-0.1, -0.05) is 54.8 Å². The molecule has 11 atom stereocenters. The molecule has 4 heterocycles. The van der Waals surface area contributed by atoms with E-state index in [0.29, 0.717) is 24.3 Å². The number of carbonyl (C=O) groups excluding carboxylic acids is 9. The Hall–Kier alpha value is -6.45. The molecule has 3 N–H and O–H groups in total. The lowest BCUT2D eigenvalue weighted by Crippen LogP contribution is -2.63. The molecule has 6 rings (SSSR count). The van der Waals surface area contributed by atoms with E-state index in [1.165, 1.54) is 75.8 Å². The van der Waals surface area contributed by atoms with Crippen LogP contribution in [0.25, 0.3) is 0 Å². The fraction of sp³-hybridized carbons (Fsp3) is 0.638. The van der Waals surface area contributed by atoms with Gasteiger partial charge >= 0.3 is 24.2 Å². The molecule has 1 aliphatic carbocycles. The van der Waals surface area contributed by atoms with Crippen LogP contribution in [0.15, 0.2) is 48.1 Å². The first-order chi connectivity index (χ1) is 40.2. The van der Waals surface area contributed by atoms with Crippen LogP contribution in [0.1, 0.15) is 84.6 Å². The third kappa shape index (κ3) is 17.4. The number of nitrogens with one attached hydrogen (secondary N) is 2. The van der Waals surface area contributed by atoms with Crippen molar-refractivity contribution in [2.24, 2.45) is 5.92 Å². The van der Waals surface area contributed by atoms with Gasteiger partial charge in [-0.15, -0.1) is 0 Å². The molecule has 8 amide bonds. The summed E-state index contributed by atoms with van der Waals surface area (Å²) in [5, 5.41) is 16.8. The number of allylic oxidation sites excluding steroid dienone is 4. The summed E-state index contributed by atoms with van der Waals surface area (Å²) in [6, 6.07) is 2.28. The second-order valence-electron chi connectivity index (χ2n) is 22.2. The van der Waals surface area contributed by atoms with Crippen molar-refractivity contribution < 1.29 is 86.2 Å². The van der Waals surface area contributed by atoms with Crippen LogP contribution in [0.3, 0.4) is 0 Å². The number of thioether (sulfide) groups is 1. The molecule has 3 saturated heterocycles. The van der Waals surface area contributed by atoms with Gasteiger partial charge in [0.15, 0.2) is 5.72 Å². The summed E-state index contributed by atoms with van der Waals surface area (Å²) in [5.74, 6) is -3.32. The molecule has 27 heteroatoms. The SMILES string of the molecule is COc1cc2cc(c1Cl)N(C)C(=O)C[C@H](OC(=O)[C@H](C)N(C)C(=O)CCOC(=O)N(C)CCN(C)C(=O)OC1/C=C/CCCCC1OCC(=O)NCCN1C(=O)CC(SC)C1=O)[C@]1(C)O[C@H]1[C@H](C)[C@@H]1C[C@@](O)(NC(=O)O1)[C@H](OC)/C=C/C=C(\C)C2. The number of fused-ring (bicyclic) bond motifs is 5. The fourth-order valence-electron chi connectivity index (χ4n) is 10.5. The van der Waals surface area contributed by atoms with Gasteiger partial charge in [-0.3, -0.25) is 34.2 Å². The zero-order valence-electron chi connectivity index (χ0n) is 50.3. The summed E-state index contributed by atoms with van der Waals surface area (Å²) in [5.41, 5.74) is -1.30. The molecule has 0 spiro atoms. The zero-order chi connectivity index (χ0) is 62.5. The third-order valence-electron chi connectivity index (χ3n) is 16.1. The molecule has 0 aromatic heterocycles. The lowest BCUT2D eigenvalue weighted by atomic mass is 9.83. The molecular formula is C58H82ClN7O18S. The molecule has 1 aromatic carbocycles. The van der Waals surface area contributed by atoms with Crippen LogP contribution in [0.4, 0.5) is 20.1 Å².